The molecule has 1 saturated carbocycles. The van der Waals surface area contributed by atoms with Crippen LogP contribution in [0, 0.1) is 5.92 Å². The average Bonchev–Trinajstić information content (AvgIpc) is 3.42. The number of alkyl halides is 1. The van der Waals surface area contributed by atoms with Crippen LogP contribution in [-0.4, -0.2) is 61.7 Å². The summed E-state index contributed by atoms with van der Waals surface area (Å²) in [5, 5.41) is 5.91. The van der Waals surface area contributed by atoms with Crippen molar-refractivity contribution >= 4 is 21.7 Å². The van der Waals surface area contributed by atoms with Crippen molar-refractivity contribution in [3.8, 4) is 0 Å². The Morgan fingerprint density at radius 3 is 2.77 bits per heavy atom. The van der Waals surface area contributed by atoms with Crippen LogP contribution in [0.5, 0.6) is 0 Å². The molecule has 30 heavy (non-hydrogen) atoms. The third-order valence-electron chi connectivity index (χ3n) is 6.71. The molecule has 6 atom stereocenters. The summed E-state index contributed by atoms with van der Waals surface area (Å²) in [5.74, 6) is -1.17. The average molecular weight is 434 g/mol. The number of carbonyl (C=O) groups excluding carboxylic acids is 2. The van der Waals surface area contributed by atoms with Crippen molar-refractivity contribution in [2.75, 3.05) is 12.3 Å². The predicted molar refractivity (Wildman–Crippen MR) is 108 cm³/mol. The maximum atomic E-state index is 14.5. The number of hydrogen-bond acceptors (Lipinski definition) is 5. The summed E-state index contributed by atoms with van der Waals surface area (Å²) in [6.45, 7) is 0.560. The molecule has 0 radical (unpaired) electrons. The van der Waals surface area contributed by atoms with Gasteiger partial charge in [-0.1, -0.05) is 36.4 Å². The summed E-state index contributed by atoms with van der Waals surface area (Å²) in [6.07, 6.45) is 3.15. The van der Waals surface area contributed by atoms with Crippen LogP contribution in [0.4, 0.5) is 4.39 Å². The van der Waals surface area contributed by atoms with Gasteiger partial charge in [0.2, 0.25) is 11.8 Å². The maximum absolute atomic E-state index is 14.5. The zero-order valence-electron chi connectivity index (χ0n) is 16.3. The lowest BCUT2D eigenvalue weighted by Gasteiger charge is -2.38. The molecule has 3 heterocycles. The van der Waals surface area contributed by atoms with Gasteiger partial charge in [-0.3, -0.25) is 14.9 Å². The number of rotatable bonds is 3. The number of hydrogen-bond donors (Lipinski definition) is 2. The van der Waals surface area contributed by atoms with Crippen molar-refractivity contribution in [3.63, 3.8) is 0 Å². The Labute approximate surface area is 174 Å². The molecule has 2 N–H and O–H groups in total. The summed E-state index contributed by atoms with van der Waals surface area (Å²) in [6, 6.07) is 4.57. The first-order chi connectivity index (χ1) is 14.3. The molecule has 160 valence electrons. The fourth-order valence-corrected chi connectivity index (χ4v) is 7.06. The number of benzene rings is 1. The topological polar surface area (TPSA) is 95.6 Å². The molecule has 2 fully saturated rings. The van der Waals surface area contributed by atoms with E-state index < -0.39 is 46.1 Å². The Bertz CT molecular complexity index is 1030. The molecular weight excluding hydrogens is 409 g/mol. The minimum atomic E-state index is -3.35. The molecule has 1 aromatic carbocycles. The second-order valence-corrected chi connectivity index (χ2v) is 10.7. The molecule has 9 heteroatoms. The second kappa shape index (κ2) is 7.16. The highest BCUT2D eigenvalue weighted by Gasteiger charge is 2.57. The number of nitrogens with one attached hydrogen (secondary N) is 2. The highest BCUT2D eigenvalue weighted by molar-refractivity contribution is 7.90. The molecule has 0 aromatic heterocycles. The number of fused-ring (bicyclic) bond motifs is 3. The predicted octanol–water partition coefficient (Wildman–Crippen LogP) is 0.628. The van der Waals surface area contributed by atoms with Crippen molar-refractivity contribution < 1.29 is 22.4 Å². The molecule has 2 amide bonds. The van der Waals surface area contributed by atoms with Gasteiger partial charge in [-0.15, -0.1) is 0 Å². The van der Waals surface area contributed by atoms with E-state index in [2.05, 4.69) is 10.6 Å². The molecule has 4 aliphatic rings. The Morgan fingerprint density at radius 1 is 1.20 bits per heavy atom. The Kier molecular flexibility index (Phi) is 4.70. The van der Waals surface area contributed by atoms with E-state index in [4.69, 9.17) is 0 Å². The summed E-state index contributed by atoms with van der Waals surface area (Å²) >= 11 is 0. The van der Waals surface area contributed by atoms with Crippen LogP contribution < -0.4 is 10.6 Å². The Morgan fingerprint density at radius 2 is 2.00 bits per heavy atom. The maximum Gasteiger partial charge on any atom is 0.244 e. The lowest BCUT2D eigenvalue weighted by Crippen LogP contribution is -2.59. The zero-order valence-corrected chi connectivity index (χ0v) is 17.1. The number of piperidine rings is 1. The highest BCUT2D eigenvalue weighted by Crippen LogP contribution is 2.45. The summed E-state index contributed by atoms with van der Waals surface area (Å²) in [7, 11) is -3.35. The molecule has 1 aliphatic carbocycles. The van der Waals surface area contributed by atoms with Crippen LogP contribution in [0.25, 0.3) is 0 Å². The van der Waals surface area contributed by atoms with Crippen molar-refractivity contribution in [1.82, 2.24) is 15.5 Å². The standard InChI is InChI=1S/C21H24FN3O4S/c22-15-8-13-9-18(15)25(21(27)16-6-3-7-23-16)19(13)20(26)24-17-11-30(28,29)10-12-4-1-2-5-14(12)17/h1-6,13,15-19,23H,7-11H2,(H,24,26)/t13?,15-,16+,17?,18?,19+/m0/s1. The quantitative estimate of drug-likeness (QED) is 0.682. The fraction of sp³-hybridized carbons (Fsp3) is 0.524. The molecule has 3 aliphatic heterocycles. The third kappa shape index (κ3) is 3.24. The van der Waals surface area contributed by atoms with Crippen LogP contribution in [-0.2, 0) is 25.2 Å². The van der Waals surface area contributed by atoms with Crippen LogP contribution >= 0.6 is 0 Å². The molecule has 1 saturated heterocycles. The van der Waals surface area contributed by atoms with Gasteiger partial charge in [0.05, 0.1) is 23.6 Å². The molecule has 7 nitrogen and oxygen atoms in total. The normalized spacial score (nSPS) is 36.0. The molecular formula is C21H24FN3O4S. The van der Waals surface area contributed by atoms with E-state index in [1.807, 2.05) is 18.2 Å². The van der Waals surface area contributed by atoms with Gasteiger partial charge in [-0.2, -0.15) is 0 Å². The lowest BCUT2D eigenvalue weighted by atomic mass is 9.95. The van der Waals surface area contributed by atoms with E-state index in [1.165, 1.54) is 4.90 Å². The number of sulfone groups is 1. The van der Waals surface area contributed by atoms with E-state index in [-0.39, 0.29) is 29.8 Å². The molecule has 0 spiro atoms. The van der Waals surface area contributed by atoms with Gasteiger partial charge in [0.1, 0.15) is 18.3 Å². The third-order valence-corrected chi connectivity index (χ3v) is 8.30. The van der Waals surface area contributed by atoms with Crippen LogP contribution in [0.1, 0.15) is 30.0 Å². The number of carbonyl (C=O) groups is 2. The van der Waals surface area contributed by atoms with E-state index in [0.717, 1.165) is 5.56 Å². The molecule has 5 rings (SSSR count). The highest BCUT2D eigenvalue weighted by atomic mass is 32.2. The second-order valence-electron chi connectivity index (χ2n) is 8.63. The van der Waals surface area contributed by atoms with Crippen LogP contribution in [0.2, 0.25) is 0 Å². The SMILES string of the molecule is O=C(NC1CS(=O)(=O)Cc2ccccc21)[C@H]1C2CC([C@@H](F)C2)N1C(=O)[C@H]1C=CCN1. The molecule has 1 aromatic rings. The van der Waals surface area contributed by atoms with Crippen molar-refractivity contribution in [2.45, 2.75) is 48.9 Å². The zero-order chi connectivity index (χ0) is 21.0. The number of amides is 2. The first-order valence-corrected chi connectivity index (χ1v) is 12.1. The summed E-state index contributed by atoms with van der Waals surface area (Å²) < 4.78 is 39.2. The van der Waals surface area contributed by atoms with Crippen molar-refractivity contribution in [3.05, 3.63) is 47.5 Å². The van der Waals surface area contributed by atoms with Gasteiger partial charge in [0.25, 0.3) is 0 Å². The Hall–Kier alpha value is -2.26. The minimum Gasteiger partial charge on any atom is -0.346 e. The number of halogens is 1. The van der Waals surface area contributed by atoms with Gasteiger partial charge < -0.3 is 10.2 Å². The smallest absolute Gasteiger partial charge is 0.244 e. The van der Waals surface area contributed by atoms with Gasteiger partial charge >= 0.3 is 0 Å². The number of likely N-dealkylation sites (tertiary alicyclic amines) is 1. The number of nitrogens with zero attached hydrogens (tertiary/aromatic N) is 1. The largest absolute Gasteiger partial charge is 0.346 e. The fourth-order valence-electron chi connectivity index (χ4n) is 5.44. The molecule has 3 unspecified atom stereocenters. The monoisotopic (exact) mass is 433 g/mol. The Balaban J connectivity index is 1.41. The van der Waals surface area contributed by atoms with Gasteiger partial charge in [-0.25, -0.2) is 12.8 Å². The van der Waals surface area contributed by atoms with Crippen molar-refractivity contribution in [2.24, 2.45) is 5.92 Å². The summed E-state index contributed by atoms with van der Waals surface area (Å²) in [5.41, 5.74) is 1.46. The van der Waals surface area contributed by atoms with Crippen LogP contribution in [0.3, 0.4) is 0 Å². The van der Waals surface area contributed by atoms with E-state index in [9.17, 15) is 22.4 Å². The van der Waals surface area contributed by atoms with E-state index in [1.54, 1.807) is 18.2 Å². The summed E-state index contributed by atoms with van der Waals surface area (Å²) in [4.78, 5) is 27.8. The van der Waals surface area contributed by atoms with Gasteiger partial charge in [0, 0.05) is 6.54 Å². The van der Waals surface area contributed by atoms with Gasteiger partial charge in [0.15, 0.2) is 9.84 Å². The van der Waals surface area contributed by atoms with E-state index >= 15 is 0 Å². The van der Waals surface area contributed by atoms with Crippen LogP contribution in [0.15, 0.2) is 36.4 Å². The van der Waals surface area contributed by atoms with Crippen molar-refractivity contribution in [1.29, 1.82) is 0 Å². The first-order valence-electron chi connectivity index (χ1n) is 10.3. The molecule has 2 bridgehead atoms. The lowest BCUT2D eigenvalue weighted by molar-refractivity contribution is -0.145. The minimum absolute atomic E-state index is 0.0441. The van der Waals surface area contributed by atoms with Gasteiger partial charge in [-0.05, 0) is 29.9 Å². The first kappa shape index (κ1) is 19.7. The van der Waals surface area contributed by atoms with E-state index in [0.29, 0.717) is 18.5 Å².